The van der Waals surface area contributed by atoms with Gasteiger partial charge >= 0.3 is 0 Å². The van der Waals surface area contributed by atoms with Crippen LogP contribution in [0.25, 0.3) is 0 Å². The van der Waals surface area contributed by atoms with E-state index >= 15 is 0 Å². The first kappa shape index (κ1) is 19.2. The first-order valence-corrected chi connectivity index (χ1v) is 8.29. The average Bonchev–Trinajstić information content (AvgIpc) is 2.52. The van der Waals surface area contributed by atoms with Gasteiger partial charge in [0.1, 0.15) is 0 Å². The lowest BCUT2D eigenvalue weighted by atomic mass is 9.97. The van der Waals surface area contributed by atoms with Gasteiger partial charge in [-0.25, -0.2) is 0 Å². The summed E-state index contributed by atoms with van der Waals surface area (Å²) in [4.78, 5) is 34.6. The first-order chi connectivity index (χ1) is 11.0. The Balaban J connectivity index is 2.40. The Morgan fingerprint density at radius 3 is 2.48 bits per heavy atom. The number of rotatable bonds is 8. The highest BCUT2D eigenvalue weighted by atomic mass is 79.9. The second kappa shape index (κ2) is 9.99. The van der Waals surface area contributed by atoms with Crippen LogP contribution >= 0.6 is 15.9 Å². The number of aliphatic carboxylic acids is 1. The molecule has 0 aliphatic heterocycles. The van der Waals surface area contributed by atoms with E-state index in [1.807, 2.05) is 6.92 Å². The molecule has 23 heavy (non-hydrogen) atoms. The molecule has 1 aromatic rings. The maximum absolute atomic E-state index is 11.9. The zero-order valence-electron chi connectivity index (χ0n) is 12.9. The zero-order chi connectivity index (χ0) is 17.2. The Bertz CT molecular complexity index is 563. The van der Waals surface area contributed by atoms with Gasteiger partial charge in [0.25, 0.3) is 5.91 Å². The third-order valence-electron chi connectivity index (χ3n) is 3.39. The molecule has 0 unspecified atom stereocenters. The summed E-state index contributed by atoms with van der Waals surface area (Å²) in [5, 5.41) is 11.0. The number of carbonyl (C=O) groups is 3. The molecule has 1 rings (SSSR count). The third-order valence-corrected chi connectivity index (χ3v) is 4.08. The van der Waals surface area contributed by atoms with Crippen LogP contribution in [-0.2, 0) is 9.59 Å². The number of carboxylic acids is 1. The minimum atomic E-state index is -1.14. The van der Waals surface area contributed by atoms with Crippen molar-refractivity contribution in [2.75, 3.05) is 0 Å². The molecule has 1 atom stereocenters. The second-order valence-corrected chi connectivity index (χ2v) is 6.03. The Morgan fingerprint density at radius 1 is 1.17 bits per heavy atom. The van der Waals surface area contributed by atoms with Gasteiger partial charge in [-0.2, -0.15) is 0 Å². The highest BCUT2D eigenvalue weighted by Gasteiger charge is 2.14. The van der Waals surface area contributed by atoms with E-state index in [2.05, 4.69) is 26.8 Å². The molecule has 0 bridgehead atoms. The van der Waals surface area contributed by atoms with E-state index < -0.39 is 23.7 Å². The van der Waals surface area contributed by atoms with Crippen molar-refractivity contribution in [1.29, 1.82) is 0 Å². The summed E-state index contributed by atoms with van der Waals surface area (Å²) >= 11 is 3.25. The number of carboxylic acid groups (broad SMARTS) is 1. The predicted molar refractivity (Wildman–Crippen MR) is 87.0 cm³/mol. The fourth-order valence-corrected chi connectivity index (χ4v) is 2.50. The maximum Gasteiger partial charge on any atom is 0.270 e. The van der Waals surface area contributed by atoms with Crippen molar-refractivity contribution in [3.8, 4) is 0 Å². The van der Waals surface area contributed by atoms with Crippen molar-refractivity contribution < 1.29 is 19.5 Å². The Kier molecular flexibility index (Phi) is 8.32. The molecule has 0 aliphatic carbocycles. The minimum Gasteiger partial charge on any atom is -0.550 e. The molecule has 2 N–H and O–H groups in total. The van der Waals surface area contributed by atoms with Crippen molar-refractivity contribution >= 4 is 33.7 Å². The lowest BCUT2D eigenvalue weighted by molar-refractivity contribution is -0.312. The van der Waals surface area contributed by atoms with Crippen LogP contribution in [-0.4, -0.2) is 17.8 Å². The number of halogens is 1. The number of nitrogens with one attached hydrogen (secondary N) is 2. The van der Waals surface area contributed by atoms with Gasteiger partial charge in [-0.1, -0.05) is 31.9 Å². The summed E-state index contributed by atoms with van der Waals surface area (Å²) in [5.74, 6) is -2.66. The number of amides is 2. The van der Waals surface area contributed by atoms with E-state index in [9.17, 15) is 19.5 Å². The highest BCUT2D eigenvalue weighted by Crippen LogP contribution is 2.15. The van der Waals surface area contributed by atoms with Gasteiger partial charge in [0.05, 0.1) is 5.56 Å². The zero-order valence-corrected chi connectivity index (χ0v) is 14.5. The molecule has 1 aromatic carbocycles. The van der Waals surface area contributed by atoms with Gasteiger partial charge in [0, 0.05) is 16.9 Å². The van der Waals surface area contributed by atoms with E-state index in [-0.39, 0.29) is 12.8 Å². The molecule has 0 saturated heterocycles. The number of hydrazine groups is 1. The summed E-state index contributed by atoms with van der Waals surface area (Å²) in [6.45, 7) is 1.97. The lowest BCUT2D eigenvalue weighted by Gasteiger charge is -2.17. The standard InChI is InChI=1S/C16H21BrN2O4/c1-2-3-6-11(16(22)23)9-10-14(20)18-19-15(21)12-7-4-5-8-13(12)17/h4-5,7-8,11H,2-3,6,9-10H2,1H3,(H,18,20)(H,19,21)(H,22,23)/p-1/t11-/m0/s1. The molecular formula is C16H20BrN2O4-. The quantitative estimate of drug-likeness (QED) is 0.665. The van der Waals surface area contributed by atoms with Crippen LogP contribution in [0.5, 0.6) is 0 Å². The van der Waals surface area contributed by atoms with E-state index in [0.717, 1.165) is 12.8 Å². The van der Waals surface area contributed by atoms with Crippen molar-refractivity contribution in [3.05, 3.63) is 34.3 Å². The van der Waals surface area contributed by atoms with E-state index in [1.165, 1.54) is 0 Å². The molecule has 0 radical (unpaired) electrons. The Hall–Kier alpha value is -1.89. The van der Waals surface area contributed by atoms with E-state index in [1.54, 1.807) is 24.3 Å². The normalized spacial score (nSPS) is 11.6. The van der Waals surface area contributed by atoms with Gasteiger partial charge in [-0.05, 0) is 46.8 Å². The molecule has 7 heteroatoms. The molecule has 0 heterocycles. The van der Waals surface area contributed by atoms with Gasteiger partial charge in [-0.3, -0.25) is 20.4 Å². The van der Waals surface area contributed by atoms with E-state index in [4.69, 9.17) is 0 Å². The number of unbranched alkanes of at least 4 members (excludes halogenated alkanes) is 1. The molecular weight excluding hydrogens is 364 g/mol. The average molecular weight is 384 g/mol. The summed E-state index contributed by atoms with van der Waals surface area (Å²) in [7, 11) is 0. The molecule has 0 aromatic heterocycles. The number of benzene rings is 1. The van der Waals surface area contributed by atoms with E-state index in [0.29, 0.717) is 16.5 Å². The van der Waals surface area contributed by atoms with Gasteiger partial charge in [0.2, 0.25) is 5.91 Å². The summed E-state index contributed by atoms with van der Waals surface area (Å²) in [6, 6.07) is 6.81. The monoisotopic (exact) mass is 383 g/mol. The second-order valence-electron chi connectivity index (χ2n) is 5.18. The topological polar surface area (TPSA) is 98.3 Å². The van der Waals surface area contributed by atoms with Crippen molar-refractivity contribution in [3.63, 3.8) is 0 Å². The van der Waals surface area contributed by atoms with Crippen LogP contribution in [0.1, 0.15) is 49.4 Å². The van der Waals surface area contributed by atoms with Crippen LogP contribution in [0.4, 0.5) is 0 Å². The van der Waals surface area contributed by atoms with Crippen molar-refractivity contribution in [1.82, 2.24) is 10.9 Å². The van der Waals surface area contributed by atoms with Crippen LogP contribution in [0.15, 0.2) is 28.7 Å². The number of hydrogen-bond donors (Lipinski definition) is 2. The largest absolute Gasteiger partial charge is 0.550 e. The van der Waals surface area contributed by atoms with Crippen LogP contribution in [0.3, 0.4) is 0 Å². The van der Waals surface area contributed by atoms with Gasteiger partial charge in [-0.15, -0.1) is 0 Å². The SMILES string of the molecule is CCCC[C@@H](CCC(=O)NNC(=O)c1ccccc1Br)C(=O)[O-]. The molecule has 0 saturated carbocycles. The van der Waals surface area contributed by atoms with Crippen LogP contribution in [0, 0.1) is 5.92 Å². The molecule has 0 fully saturated rings. The summed E-state index contributed by atoms with van der Waals surface area (Å²) in [6.07, 6.45) is 2.37. The van der Waals surface area contributed by atoms with Gasteiger partial charge < -0.3 is 9.90 Å². The van der Waals surface area contributed by atoms with Crippen molar-refractivity contribution in [2.24, 2.45) is 5.92 Å². The molecule has 6 nitrogen and oxygen atoms in total. The molecule has 0 aliphatic rings. The minimum absolute atomic E-state index is 0.0125. The fourth-order valence-electron chi connectivity index (χ4n) is 2.04. The molecule has 2 amide bonds. The lowest BCUT2D eigenvalue weighted by Crippen LogP contribution is -2.42. The maximum atomic E-state index is 11.9. The summed E-state index contributed by atoms with van der Waals surface area (Å²) in [5.41, 5.74) is 4.98. The predicted octanol–water partition coefficient (Wildman–Crippen LogP) is 1.55. The summed E-state index contributed by atoms with van der Waals surface area (Å²) < 4.78 is 0.614. The van der Waals surface area contributed by atoms with Gasteiger partial charge in [0.15, 0.2) is 0 Å². The van der Waals surface area contributed by atoms with Crippen LogP contribution < -0.4 is 16.0 Å². The smallest absolute Gasteiger partial charge is 0.270 e. The number of carbonyl (C=O) groups excluding carboxylic acids is 3. The Morgan fingerprint density at radius 2 is 1.87 bits per heavy atom. The first-order valence-electron chi connectivity index (χ1n) is 7.50. The third kappa shape index (κ3) is 6.81. The highest BCUT2D eigenvalue weighted by molar-refractivity contribution is 9.10. The Labute approximate surface area is 143 Å². The molecule has 126 valence electrons. The van der Waals surface area contributed by atoms with Crippen LogP contribution in [0.2, 0.25) is 0 Å². The number of hydrogen-bond acceptors (Lipinski definition) is 4. The van der Waals surface area contributed by atoms with Crippen molar-refractivity contribution in [2.45, 2.75) is 39.0 Å². The molecule has 0 spiro atoms. The fraction of sp³-hybridized carbons (Fsp3) is 0.438.